The van der Waals surface area contributed by atoms with Crippen LogP contribution in [0.5, 0.6) is 5.75 Å². The standard InChI is InChI=1S/C14H16N2OS/c1-9-16-7-12(18-9)8-17-11-3-4-13-10(6-11)2-5-14(13)15/h3-4,6-7,14H,2,5,8,15H2,1H3. The molecule has 0 saturated heterocycles. The number of ether oxygens (including phenoxy) is 1. The lowest BCUT2D eigenvalue weighted by Gasteiger charge is -2.08. The second-order valence-corrected chi connectivity index (χ2v) is 5.96. The maximum atomic E-state index is 6.02. The summed E-state index contributed by atoms with van der Waals surface area (Å²) in [5.41, 5.74) is 8.62. The number of rotatable bonds is 3. The average Bonchev–Trinajstić information content (AvgIpc) is 2.94. The number of nitrogens with two attached hydrogens (primary N) is 1. The summed E-state index contributed by atoms with van der Waals surface area (Å²) in [6, 6.07) is 6.44. The van der Waals surface area contributed by atoms with Crippen molar-refractivity contribution in [2.75, 3.05) is 0 Å². The van der Waals surface area contributed by atoms with Crippen LogP contribution in [0.15, 0.2) is 24.4 Å². The van der Waals surface area contributed by atoms with Crippen molar-refractivity contribution in [2.45, 2.75) is 32.4 Å². The van der Waals surface area contributed by atoms with Crippen LogP contribution >= 0.6 is 11.3 Å². The number of aromatic nitrogens is 1. The Morgan fingerprint density at radius 1 is 1.50 bits per heavy atom. The van der Waals surface area contributed by atoms with Crippen molar-refractivity contribution in [3.05, 3.63) is 45.4 Å². The molecule has 1 unspecified atom stereocenters. The number of hydrogen-bond donors (Lipinski definition) is 1. The Morgan fingerprint density at radius 3 is 3.17 bits per heavy atom. The van der Waals surface area contributed by atoms with Crippen LogP contribution < -0.4 is 10.5 Å². The van der Waals surface area contributed by atoms with Crippen LogP contribution in [0.1, 0.15) is 33.5 Å². The summed E-state index contributed by atoms with van der Waals surface area (Å²) in [5, 5.41) is 1.08. The number of hydrogen-bond acceptors (Lipinski definition) is 4. The molecular formula is C14H16N2OS. The van der Waals surface area contributed by atoms with Crippen LogP contribution in [-0.4, -0.2) is 4.98 Å². The third-order valence-electron chi connectivity index (χ3n) is 3.29. The van der Waals surface area contributed by atoms with E-state index in [-0.39, 0.29) is 6.04 Å². The van der Waals surface area contributed by atoms with E-state index < -0.39 is 0 Å². The summed E-state index contributed by atoms with van der Waals surface area (Å²) in [7, 11) is 0. The van der Waals surface area contributed by atoms with E-state index >= 15 is 0 Å². The van der Waals surface area contributed by atoms with Crippen molar-refractivity contribution in [1.29, 1.82) is 0 Å². The highest BCUT2D eigenvalue weighted by atomic mass is 32.1. The molecule has 1 aromatic heterocycles. The largest absolute Gasteiger partial charge is 0.488 e. The topological polar surface area (TPSA) is 48.1 Å². The Balaban J connectivity index is 1.70. The minimum absolute atomic E-state index is 0.207. The predicted octanol–water partition coefficient (Wildman–Crippen LogP) is 2.98. The molecule has 0 aliphatic heterocycles. The lowest BCUT2D eigenvalue weighted by atomic mass is 10.1. The molecule has 0 saturated carbocycles. The Hall–Kier alpha value is -1.39. The molecule has 4 heteroatoms. The van der Waals surface area contributed by atoms with Crippen molar-refractivity contribution in [2.24, 2.45) is 5.73 Å². The van der Waals surface area contributed by atoms with Gasteiger partial charge < -0.3 is 10.5 Å². The molecule has 3 nitrogen and oxygen atoms in total. The summed E-state index contributed by atoms with van der Waals surface area (Å²) < 4.78 is 5.80. The highest BCUT2D eigenvalue weighted by Crippen LogP contribution is 2.32. The lowest BCUT2D eigenvalue weighted by Crippen LogP contribution is -2.04. The van der Waals surface area contributed by atoms with Gasteiger partial charge in [-0.2, -0.15) is 0 Å². The van der Waals surface area contributed by atoms with Crippen molar-refractivity contribution in [1.82, 2.24) is 4.98 Å². The second-order valence-electron chi connectivity index (χ2n) is 4.64. The first kappa shape index (κ1) is 11.7. The molecule has 1 aromatic carbocycles. The zero-order valence-electron chi connectivity index (χ0n) is 10.3. The summed E-state index contributed by atoms with van der Waals surface area (Å²) in [5.74, 6) is 0.925. The van der Waals surface area contributed by atoms with E-state index in [1.165, 1.54) is 11.1 Å². The Bertz CT molecular complexity index is 565. The van der Waals surface area contributed by atoms with Gasteiger partial charge in [-0.15, -0.1) is 11.3 Å². The van der Waals surface area contributed by atoms with Gasteiger partial charge in [0.15, 0.2) is 0 Å². The first-order valence-electron chi connectivity index (χ1n) is 6.15. The smallest absolute Gasteiger partial charge is 0.124 e. The van der Waals surface area contributed by atoms with Crippen molar-refractivity contribution < 1.29 is 4.74 Å². The van der Waals surface area contributed by atoms with Gasteiger partial charge in [-0.3, -0.25) is 0 Å². The fourth-order valence-corrected chi connectivity index (χ4v) is 3.05. The van der Waals surface area contributed by atoms with E-state index in [0.29, 0.717) is 6.61 Å². The molecule has 2 N–H and O–H groups in total. The molecule has 1 aliphatic rings. The van der Waals surface area contributed by atoms with Gasteiger partial charge in [0, 0.05) is 12.2 Å². The number of thiazole rings is 1. The maximum Gasteiger partial charge on any atom is 0.124 e. The first-order valence-corrected chi connectivity index (χ1v) is 6.96. The van der Waals surface area contributed by atoms with E-state index in [2.05, 4.69) is 17.1 Å². The number of benzene rings is 1. The van der Waals surface area contributed by atoms with Crippen molar-refractivity contribution >= 4 is 11.3 Å². The summed E-state index contributed by atoms with van der Waals surface area (Å²) in [4.78, 5) is 5.38. The van der Waals surface area contributed by atoms with Crippen LogP contribution in [0.3, 0.4) is 0 Å². The van der Waals surface area contributed by atoms with E-state index in [0.717, 1.165) is 28.5 Å². The quantitative estimate of drug-likeness (QED) is 0.923. The molecule has 94 valence electrons. The highest BCUT2D eigenvalue weighted by molar-refractivity contribution is 7.11. The minimum Gasteiger partial charge on any atom is -0.488 e. The normalized spacial score (nSPS) is 17.8. The van der Waals surface area contributed by atoms with E-state index in [1.807, 2.05) is 19.2 Å². The molecule has 1 heterocycles. The van der Waals surface area contributed by atoms with Gasteiger partial charge >= 0.3 is 0 Å². The van der Waals surface area contributed by atoms with Crippen LogP contribution in [0.4, 0.5) is 0 Å². The average molecular weight is 260 g/mol. The molecule has 3 rings (SSSR count). The first-order chi connectivity index (χ1) is 8.72. The zero-order valence-corrected chi connectivity index (χ0v) is 11.2. The number of fused-ring (bicyclic) bond motifs is 1. The summed E-state index contributed by atoms with van der Waals surface area (Å²) in [6.45, 7) is 2.60. The van der Waals surface area contributed by atoms with Gasteiger partial charge in [0.2, 0.25) is 0 Å². The van der Waals surface area contributed by atoms with Crippen molar-refractivity contribution in [3.8, 4) is 5.75 Å². The molecule has 0 bridgehead atoms. The van der Waals surface area contributed by atoms with Gasteiger partial charge in [0.1, 0.15) is 12.4 Å². The van der Waals surface area contributed by atoms with Crippen LogP contribution in [-0.2, 0) is 13.0 Å². The third kappa shape index (κ3) is 2.26. The molecule has 0 fully saturated rings. The molecule has 18 heavy (non-hydrogen) atoms. The predicted molar refractivity (Wildman–Crippen MR) is 72.9 cm³/mol. The molecule has 1 aliphatic carbocycles. The van der Waals surface area contributed by atoms with Crippen LogP contribution in [0.25, 0.3) is 0 Å². The summed E-state index contributed by atoms with van der Waals surface area (Å²) >= 11 is 1.68. The van der Waals surface area contributed by atoms with Crippen LogP contribution in [0, 0.1) is 6.92 Å². The minimum atomic E-state index is 0.207. The fraction of sp³-hybridized carbons (Fsp3) is 0.357. The van der Waals surface area contributed by atoms with Crippen molar-refractivity contribution in [3.63, 3.8) is 0 Å². The Labute approximate surface area is 111 Å². The molecule has 0 amide bonds. The Morgan fingerprint density at radius 2 is 2.39 bits per heavy atom. The SMILES string of the molecule is Cc1ncc(COc2ccc3c(c2)CCC3N)s1. The van der Waals surface area contributed by atoms with Crippen LogP contribution in [0.2, 0.25) is 0 Å². The van der Waals surface area contributed by atoms with Gasteiger partial charge in [0.05, 0.1) is 9.88 Å². The van der Waals surface area contributed by atoms with Gasteiger partial charge in [0.25, 0.3) is 0 Å². The zero-order chi connectivity index (χ0) is 12.5. The maximum absolute atomic E-state index is 6.02. The number of nitrogens with zero attached hydrogens (tertiary/aromatic N) is 1. The van der Waals surface area contributed by atoms with Gasteiger partial charge in [-0.05, 0) is 43.0 Å². The molecule has 2 aromatic rings. The Kier molecular flexibility index (Phi) is 3.06. The van der Waals surface area contributed by atoms with E-state index in [4.69, 9.17) is 10.5 Å². The van der Waals surface area contributed by atoms with Gasteiger partial charge in [-0.25, -0.2) is 4.98 Å². The fourth-order valence-electron chi connectivity index (χ4n) is 2.34. The highest BCUT2D eigenvalue weighted by Gasteiger charge is 2.19. The molecule has 0 radical (unpaired) electrons. The lowest BCUT2D eigenvalue weighted by molar-refractivity contribution is 0.309. The third-order valence-corrected chi connectivity index (χ3v) is 4.18. The van der Waals surface area contributed by atoms with Gasteiger partial charge in [-0.1, -0.05) is 6.07 Å². The monoisotopic (exact) mass is 260 g/mol. The van der Waals surface area contributed by atoms with E-state index in [1.54, 1.807) is 11.3 Å². The number of aryl methyl sites for hydroxylation is 2. The molecule has 0 spiro atoms. The van der Waals surface area contributed by atoms with E-state index in [9.17, 15) is 0 Å². The summed E-state index contributed by atoms with van der Waals surface area (Å²) in [6.07, 6.45) is 3.99. The molecule has 1 atom stereocenters. The molecular weight excluding hydrogens is 244 g/mol. The second kappa shape index (κ2) is 4.71.